The Kier molecular flexibility index (Phi) is 10.5. The van der Waals surface area contributed by atoms with Crippen LogP contribution in [0.3, 0.4) is 0 Å². The summed E-state index contributed by atoms with van der Waals surface area (Å²) in [6.07, 6.45) is 2.14. The first kappa shape index (κ1) is 27.9. The van der Waals surface area contributed by atoms with Crippen LogP contribution in [0.4, 0.5) is 0 Å². The molecular weight excluding hydrogens is 474 g/mol. The van der Waals surface area contributed by atoms with E-state index < -0.39 is 66.8 Å². The number of carboxylic acids is 1. The minimum absolute atomic E-state index is 0.132. The van der Waals surface area contributed by atoms with Crippen LogP contribution in [0, 0.1) is 0 Å². The predicted molar refractivity (Wildman–Crippen MR) is 125 cm³/mol. The fourth-order valence-electron chi connectivity index (χ4n) is 3.20. The highest BCUT2D eigenvalue weighted by Crippen LogP contribution is 2.04. The third-order valence-corrected chi connectivity index (χ3v) is 5.08. The van der Waals surface area contributed by atoms with Gasteiger partial charge in [-0.25, -0.2) is 9.78 Å². The highest BCUT2D eigenvalue weighted by Gasteiger charge is 2.31. The first-order chi connectivity index (χ1) is 17.1. The topological polar surface area (TPSA) is 243 Å². The number of H-pyrrole nitrogens is 1. The minimum Gasteiger partial charge on any atom is -0.480 e. The first-order valence-corrected chi connectivity index (χ1v) is 10.9. The van der Waals surface area contributed by atoms with Crippen LogP contribution in [-0.4, -0.2) is 80.6 Å². The molecule has 2 rings (SSSR count). The number of hydrogen-bond donors (Lipinski definition) is 8. The number of aliphatic carboxylic acids is 1. The van der Waals surface area contributed by atoms with Crippen molar-refractivity contribution in [2.75, 3.05) is 6.61 Å². The van der Waals surface area contributed by atoms with E-state index in [2.05, 4.69) is 25.9 Å². The monoisotopic (exact) mass is 503 g/mol. The molecule has 4 amide bonds. The molecule has 1 heterocycles. The predicted octanol–water partition coefficient (Wildman–Crippen LogP) is -3.07. The number of nitrogens with two attached hydrogens (primary N) is 2. The number of aliphatic hydroxyl groups excluding tert-OH is 1. The highest BCUT2D eigenvalue weighted by atomic mass is 16.4. The van der Waals surface area contributed by atoms with Crippen LogP contribution in [0.1, 0.15) is 17.7 Å². The quantitative estimate of drug-likeness (QED) is 0.130. The number of nitrogens with zero attached hydrogens (tertiary/aromatic N) is 1. The van der Waals surface area contributed by atoms with Crippen molar-refractivity contribution in [3.05, 3.63) is 54.1 Å². The van der Waals surface area contributed by atoms with Crippen LogP contribution in [0.15, 0.2) is 42.9 Å². The molecule has 0 spiro atoms. The van der Waals surface area contributed by atoms with E-state index in [0.29, 0.717) is 5.69 Å². The molecule has 10 N–H and O–H groups in total. The summed E-state index contributed by atoms with van der Waals surface area (Å²) in [5, 5.41) is 25.7. The number of aliphatic hydroxyl groups is 1. The first-order valence-electron chi connectivity index (χ1n) is 10.9. The zero-order chi connectivity index (χ0) is 26.7. The number of primary amides is 1. The fraction of sp³-hybridized carbons (Fsp3) is 0.364. The number of carbonyl (C=O) groups excluding carboxylic acids is 4. The van der Waals surface area contributed by atoms with Crippen LogP contribution in [0.2, 0.25) is 0 Å². The second kappa shape index (κ2) is 13.6. The Morgan fingerprint density at radius 3 is 2.08 bits per heavy atom. The summed E-state index contributed by atoms with van der Waals surface area (Å²) in [5.74, 6) is -5.00. The highest BCUT2D eigenvalue weighted by molar-refractivity contribution is 5.96. The molecule has 14 heteroatoms. The molecule has 36 heavy (non-hydrogen) atoms. The third-order valence-electron chi connectivity index (χ3n) is 5.08. The smallest absolute Gasteiger partial charge is 0.326 e. The van der Waals surface area contributed by atoms with Crippen molar-refractivity contribution < 1.29 is 34.2 Å². The molecule has 0 aliphatic carbocycles. The number of benzene rings is 1. The number of imidazole rings is 1. The maximum atomic E-state index is 12.7. The summed E-state index contributed by atoms with van der Waals surface area (Å²) in [5.41, 5.74) is 12.3. The van der Waals surface area contributed by atoms with Crippen molar-refractivity contribution in [3.63, 3.8) is 0 Å². The second-order valence-electron chi connectivity index (χ2n) is 7.95. The molecule has 1 aromatic carbocycles. The Bertz CT molecular complexity index is 1050. The maximum absolute atomic E-state index is 12.7. The van der Waals surface area contributed by atoms with E-state index in [1.165, 1.54) is 12.5 Å². The van der Waals surface area contributed by atoms with Crippen LogP contribution in [0.25, 0.3) is 0 Å². The van der Waals surface area contributed by atoms with Crippen LogP contribution < -0.4 is 27.4 Å². The van der Waals surface area contributed by atoms with Crippen molar-refractivity contribution >= 4 is 29.6 Å². The Labute approximate surface area is 205 Å². The van der Waals surface area contributed by atoms with Gasteiger partial charge in [0.15, 0.2) is 0 Å². The molecule has 194 valence electrons. The van der Waals surface area contributed by atoms with Gasteiger partial charge in [-0.2, -0.15) is 0 Å². The van der Waals surface area contributed by atoms with E-state index in [0.717, 1.165) is 5.56 Å². The van der Waals surface area contributed by atoms with Crippen molar-refractivity contribution in [3.8, 4) is 0 Å². The third kappa shape index (κ3) is 8.81. The normalized spacial score (nSPS) is 14.1. The lowest BCUT2D eigenvalue weighted by atomic mass is 10.0. The largest absolute Gasteiger partial charge is 0.480 e. The molecule has 14 nitrogen and oxygen atoms in total. The summed E-state index contributed by atoms with van der Waals surface area (Å²) in [7, 11) is 0. The minimum atomic E-state index is -1.58. The Morgan fingerprint density at radius 1 is 0.917 bits per heavy atom. The summed E-state index contributed by atoms with van der Waals surface area (Å²) >= 11 is 0. The summed E-state index contributed by atoms with van der Waals surface area (Å²) < 4.78 is 0. The molecule has 4 unspecified atom stereocenters. The second-order valence-corrected chi connectivity index (χ2v) is 7.95. The lowest BCUT2D eigenvalue weighted by Gasteiger charge is -2.23. The lowest BCUT2D eigenvalue weighted by molar-refractivity contribution is -0.142. The van der Waals surface area contributed by atoms with Gasteiger partial charge >= 0.3 is 5.97 Å². The van der Waals surface area contributed by atoms with E-state index in [-0.39, 0.29) is 12.8 Å². The van der Waals surface area contributed by atoms with E-state index in [4.69, 9.17) is 11.5 Å². The van der Waals surface area contributed by atoms with Crippen LogP contribution >= 0.6 is 0 Å². The zero-order valence-electron chi connectivity index (χ0n) is 19.2. The molecule has 0 saturated heterocycles. The van der Waals surface area contributed by atoms with Gasteiger partial charge < -0.3 is 42.6 Å². The Morgan fingerprint density at radius 2 is 1.53 bits per heavy atom. The van der Waals surface area contributed by atoms with Crippen LogP contribution in [0.5, 0.6) is 0 Å². The molecule has 2 aromatic rings. The van der Waals surface area contributed by atoms with E-state index >= 15 is 0 Å². The van der Waals surface area contributed by atoms with Gasteiger partial charge in [0.05, 0.1) is 25.4 Å². The van der Waals surface area contributed by atoms with Gasteiger partial charge in [-0.1, -0.05) is 30.3 Å². The molecule has 0 aliphatic heterocycles. The molecule has 0 aliphatic rings. The number of aromatic nitrogens is 2. The summed E-state index contributed by atoms with van der Waals surface area (Å²) in [4.78, 5) is 67.3. The number of rotatable bonds is 14. The van der Waals surface area contributed by atoms with Gasteiger partial charge in [0.1, 0.15) is 18.1 Å². The number of nitrogens with one attached hydrogen (secondary N) is 4. The molecule has 0 saturated carbocycles. The van der Waals surface area contributed by atoms with Gasteiger partial charge in [-0.15, -0.1) is 0 Å². The van der Waals surface area contributed by atoms with E-state index in [9.17, 15) is 34.2 Å². The van der Waals surface area contributed by atoms with Gasteiger partial charge in [0.2, 0.25) is 23.6 Å². The molecule has 0 bridgehead atoms. The van der Waals surface area contributed by atoms with Crippen molar-refractivity contribution in [2.45, 2.75) is 43.4 Å². The van der Waals surface area contributed by atoms with Gasteiger partial charge in [0.25, 0.3) is 0 Å². The molecular formula is C22H29N7O7. The van der Waals surface area contributed by atoms with Gasteiger partial charge in [-0.3, -0.25) is 19.2 Å². The molecule has 1 aromatic heterocycles. The number of amides is 4. The van der Waals surface area contributed by atoms with Gasteiger partial charge in [0, 0.05) is 18.3 Å². The average molecular weight is 504 g/mol. The Hall–Kier alpha value is -4.30. The number of hydrogen-bond acceptors (Lipinski definition) is 8. The lowest BCUT2D eigenvalue weighted by Crippen LogP contribution is -2.59. The van der Waals surface area contributed by atoms with Crippen molar-refractivity contribution in [1.82, 2.24) is 25.9 Å². The maximum Gasteiger partial charge on any atom is 0.326 e. The molecule has 0 radical (unpaired) electrons. The molecule has 4 atom stereocenters. The fourth-order valence-corrected chi connectivity index (χ4v) is 3.20. The number of carbonyl (C=O) groups is 5. The van der Waals surface area contributed by atoms with Gasteiger partial charge in [-0.05, 0) is 12.0 Å². The number of carboxylic acid groups (broad SMARTS) is 1. The van der Waals surface area contributed by atoms with Crippen LogP contribution in [-0.2, 0) is 36.8 Å². The SMILES string of the molecule is NC(=O)CC(NC(=O)C(N)Cc1ccccc1)C(=O)NC(CO)C(=O)NC(Cc1cnc[nH]1)C(=O)O. The van der Waals surface area contributed by atoms with Crippen molar-refractivity contribution in [2.24, 2.45) is 11.5 Å². The summed E-state index contributed by atoms with van der Waals surface area (Å²) in [6.45, 7) is -0.890. The summed E-state index contributed by atoms with van der Waals surface area (Å²) in [6, 6.07) is 3.37. The molecule has 0 fully saturated rings. The average Bonchev–Trinajstić information content (AvgIpc) is 3.34. The van der Waals surface area contributed by atoms with Crippen molar-refractivity contribution in [1.29, 1.82) is 0 Å². The standard InChI is InChI=1S/C22H29N7O7/c23-14(6-12-4-2-1-3-5-12)19(32)27-15(8-18(24)31)20(33)29-17(10-30)21(34)28-16(22(35)36)7-13-9-25-11-26-13/h1-5,9,11,14-17,30H,6-8,10,23H2,(H2,24,31)(H,25,26)(H,27,32)(H,28,34)(H,29,33)(H,35,36). The Balaban J connectivity index is 2.03. The van der Waals surface area contributed by atoms with E-state index in [1.807, 2.05) is 0 Å². The number of aromatic amines is 1. The van der Waals surface area contributed by atoms with E-state index in [1.54, 1.807) is 30.3 Å². The zero-order valence-corrected chi connectivity index (χ0v) is 19.2.